The van der Waals surface area contributed by atoms with Crippen molar-refractivity contribution in [2.24, 2.45) is 10.9 Å². The summed E-state index contributed by atoms with van der Waals surface area (Å²) in [5.41, 5.74) is 1.72. The highest BCUT2D eigenvalue weighted by Gasteiger charge is 2.44. The molecule has 0 amide bonds. The van der Waals surface area contributed by atoms with Gasteiger partial charge in [-0.15, -0.1) is 0 Å². The normalized spacial score (nSPS) is 23.1. The van der Waals surface area contributed by atoms with Gasteiger partial charge in [0.1, 0.15) is 0 Å². The Morgan fingerprint density at radius 2 is 2.00 bits per heavy atom. The molecule has 1 aromatic carbocycles. The molecule has 3 rings (SSSR count). The molecule has 1 saturated carbocycles. The van der Waals surface area contributed by atoms with Crippen molar-refractivity contribution in [1.82, 2.24) is 15.5 Å². The van der Waals surface area contributed by atoms with Gasteiger partial charge in [0.25, 0.3) is 0 Å². The number of benzene rings is 1. The molecule has 1 aromatic rings. The molecule has 2 fully saturated rings. The van der Waals surface area contributed by atoms with Gasteiger partial charge in [-0.05, 0) is 64.5 Å². The smallest absolute Gasteiger partial charge is 0.191 e. The first-order valence-electron chi connectivity index (χ1n) is 10.4. The molecule has 1 saturated heterocycles. The van der Waals surface area contributed by atoms with Gasteiger partial charge >= 0.3 is 0 Å². The van der Waals surface area contributed by atoms with E-state index in [2.05, 4.69) is 66.6 Å². The summed E-state index contributed by atoms with van der Waals surface area (Å²) in [6.45, 7) is 12.0. The Hall–Kier alpha value is -1.55. The zero-order valence-corrected chi connectivity index (χ0v) is 16.8. The van der Waals surface area contributed by atoms with Crippen molar-refractivity contribution >= 4 is 5.96 Å². The summed E-state index contributed by atoms with van der Waals surface area (Å²) in [7, 11) is 0. The largest absolute Gasteiger partial charge is 0.357 e. The minimum atomic E-state index is 0.281. The number of hydrogen-bond donors (Lipinski definition) is 2. The summed E-state index contributed by atoms with van der Waals surface area (Å²) < 4.78 is 0. The van der Waals surface area contributed by atoms with E-state index in [1.807, 2.05) is 0 Å². The third-order valence-electron chi connectivity index (χ3n) is 5.96. The minimum Gasteiger partial charge on any atom is -0.357 e. The van der Waals surface area contributed by atoms with Crippen LogP contribution in [0.1, 0.15) is 52.0 Å². The summed E-state index contributed by atoms with van der Waals surface area (Å²) in [6, 6.07) is 11.6. The zero-order valence-electron chi connectivity index (χ0n) is 16.8. The van der Waals surface area contributed by atoms with Crippen LogP contribution in [0.2, 0.25) is 0 Å². The maximum absolute atomic E-state index is 4.94. The topological polar surface area (TPSA) is 39.7 Å². The zero-order chi connectivity index (χ0) is 18.4. The van der Waals surface area contributed by atoms with Crippen LogP contribution in [0.5, 0.6) is 0 Å². The number of aliphatic imine (C=N–C) groups is 1. The summed E-state index contributed by atoms with van der Waals surface area (Å²) in [6.07, 6.45) is 5.15. The third kappa shape index (κ3) is 5.00. The van der Waals surface area contributed by atoms with Crippen molar-refractivity contribution in [2.75, 3.05) is 32.7 Å². The molecule has 0 aromatic heterocycles. The molecule has 0 radical (unpaired) electrons. The van der Waals surface area contributed by atoms with Crippen LogP contribution in [-0.2, 0) is 5.41 Å². The summed E-state index contributed by atoms with van der Waals surface area (Å²) in [5, 5.41) is 7.05. The quantitative estimate of drug-likeness (QED) is 0.581. The fourth-order valence-electron chi connectivity index (χ4n) is 4.03. The van der Waals surface area contributed by atoms with E-state index in [4.69, 9.17) is 4.99 Å². The predicted molar refractivity (Wildman–Crippen MR) is 111 cm³/mol. The van der Waals surface area contributed by atoms with E-state index in [0.717, 1.165) is 31.5 Å². The number of rotatable bonds is 7. The van der Waals surface area contributed by atoms with E-state index >= 15 is 0 Å². The average molecular weight is 357 g/mol. The van der Waals surface area contributed by atoms with Gasteiger partial charge in [0, 0.05) is 31.1 Å². The molecule has 1 unspecified atom stereocenters. The highest BCUT2D eigenvalue weighted by atomic mass is 15.2. The van der Waals surface area contributed by atoms with E-state index in [1.165, 1.54) is 44.3 Å². The fourth-order valence-corrected chi connectivity index (χ4v) is 4.03. The Balaban J connectivity index is 1.55. The maximum Gasteiger partial charge on any atom is 0.191 e. The first-order valence-corrected chi connectivity index (χ1v) is 10.4. The number of piperidine rings is 1. The standard InChI is InChI=1S/C22H36N4/c1-4-23-21(24-15-19-9-8-14-26(16-19)18(2)3)25-17-22(12-13-22)20-10-6-5-7-11-20/h5-7,10-11,18-19H,4,8-9,12-17H2,1-3H3,(H2,23,24,25). The Bertz CT molecular complexity index is 577. The van der Waals surface area contributed by atoms with Crippen molar-refractivity contribution in [1.29, 1.82) is 0 Å². The van der Waals surface area contributed by atoms with Gasteiger partial charge in [-0.25, -0.2) is 0 Å². The molecule has 1 atom stereocenters. The van der Waals surface area contributed by atoms with Gasteiger partial charge in [0.05, 0.1) is 6.54 Å². The molecule has 1 aliphatic heterocycles. The van der Waals surface area contributed by atoms with Gasteiger partial charge in [0.15, 0.2) is 5.96 Å². The Labute approximate surface area is 159 Å². The minimum absolute atomic E-state index is 0.281. The van der Waals surface area contributed by atoms with Crippen LogP contribution in [0.4, 0.5) is 0 Å². The van der Waals surface area contributed by atoms with Crippen molar-refractivity contribution in [3.8, 4) is 0 Å². The second-order valence-corrected chi connectivity index (χ2v) is 8.32. The Morgan fingerprint density at radius 1 is 1.23 bits per heavy atom. The van der Waals surface area contributed by atoms with Crippen LogP contribution in [0.15, 0.2) is 35.3 Å². The SMILES string of the molecule is CCNC(=NCC1(c2ccccc2)CC1)NCC1CCCN(C(C)C)C1. The lowest BCUT2D eigenvalue weighted by Gasteiger charge is -2.35. The van der Waals surface area contributed by atoms with Crippen molar-refractivity contribution in [2.45, 2.75) is 57.9 Å². The number of guanidine groups is 1. The number of hydrogen-bond acceptors (Lipinski definition) is 2. The Morgan fingerprint density at radius 3 is 2.65 bits per heavy atom. The molecule has 26 heavy (non-hydrogen) atoms. The lowest BCUT2D eigenvalue weighted by atomic mass is 9.96. The predicted octanol–water partition coefficient (Wildman–Crippen LogP) is 3.39. The van der Waals surface area contributed by atoms with E-state index in [0.29, 0.717) is 6.04 Å². The van der Waals surface area contributed by atoms with Crippen molar-refractivity contribution in [3.05, 3.63) is 35.9 Å². The first kappa shape index (κ1) is 19.2. The van der Waals surface area contributed by atoms with Crippen LogP contribution in [0, 0.1) is 5.92 Å². The van der Waals surface area contributed by atoms with Gasteiger partial charge in [-0.2, -0.15) is 0 Å². The van der Waals surface area contributed by atoms with E-state index in [9.17, 15) is 0 Å². The highest BCUT2D eigenvalue weighted by Crippen LogP contribution is 2.48. The van der Waals surface area contributed by atoms with Crippen LogP contribution < -0.4 is 10.6 Å². The molecule has 0 spiro atoms. The molecule has 2 N–H and O–H groups in total. The van der Waals surface area contributed by atoms with Crippen LogP contribution >= 0.6 is 0 Å². The molecule has 144 valence electrons. The van der Waals surface area contributed by atoms with Crippen LogP contribution in [0.3, 0.4) is 0 Å². The molecule has 4 nitrogen and oxygen atoms in total. The second kappa shape index (κ2) is 8.90. The van der Waals surface area contributed by atoms with Crippen LogP contribution in [-0.4, -0.2) is 49.6 Å². The third-order valence-corrected chi connectivity index (χ3v) is 5.96. The molecule has 4 heteroatoms. The summed E-state index contributed by atoms with van der Waals surface area (Å²) in [4.78, 5) is 7.55. The molecular weight excluding hydrogens is 320 g/mol. The van der Waals surface area contributed by atoms with Gasteiger partial charge in [0.2, 0.25) is 0 Å². The molecule has 1 heterocycles. The summed E-state index contributed by atoms with van der Waals surface area (Å²) in [5.74, 6) is 1.70. The van der Waals surface area contributed by atoms with Gasteiger partial charge < -0.3 is 15.5 Å². The number of nitrogens with zero attached hydrogens (tertiary/aromatic N) is 2. The number of likely N-dealkylation sites (tertiary alicyclic amines) is 1. The van der Waals surface area contributed by atoms with Gasteiger partial charge in [-0.3, -0.25) is 4.99 Å². The molecule has 0 bridgehead atoms. The van der Waals surface area contributed by atoms with E-state index < -0.39 is 0 Å². The maximum atomic E-state index is 4.94. The monoisotopic (exact) mass is 356 g/mol. The van der Waals surface area contributed by atoms with Crippen LogP contribution in [0.25, 0.3) is 0 Å². The fraction of sp³-hybridized carbons (Fsp3) is 0.682. The highest BCUT2D eigenvalue weighted by molar-refractivity contribution is 5.79. The van der Waals surface area contributed by atoms with E-state index in [1.54, 1.807) is 0 Å². The van der Waals surface area contributed by atoms with Gasteiger partial charge in [-0.1, -0.05) is 30.3 Å². The molecule has 1 aliphatic carbocycles. The van der Waals surface area contributed by atoms with Crippen molar-refractivity contribution in [3.63, 3.8) is 0 Å². The second-order valence-electron chi connectivity index (χ2n) is 8.32. The molecule has 2 aliphatic rings. The average Bonchev–Trinajstić information content (AvgIpc) is 3.46. The number of nitrogens with one attached hydrogen (secondary N) is 2. The summed E-state index contributed by atoms with van der Waals surface area (Å²) >= 11 is 0. The Kier molecular flexibility index (Phi) is 6.58. The first-order chi connectivity index (χ1) is 12.6. The lowest BCUT2D eigenvalue weighted by molar-refractivity contribution is 0.141. The molecular formula is C22H36N4. The van der Waals surface area contributed by atoms with E-state index in [-0.39, 0.29) is 5.41 Å². The van der Waals surface area contributed by atoms with Crippen molar-refractivity contribution < 1.29 is 0 Å². The lowest BCUT2D eigenvalue weighted by Crippen LogP contribution is -2.46.